The average Bonchev–Trinajstić information content (AvgIpc) is 2.94. The molecule has 0 bridgehead atoms. The van der Waals surface area contributed by atoms with Crippen LogP contribution in [0.1, 0.15) is 36.1 Å². The Kier molecular flexibility index (Phi) is 6.50. The van der Waals surface area contributed by atoms with Gasteiger partial charge in [-0.15, -0.1) is 11.3 Å². The molecule has 1 aliphatic rings. The number of aryl methyl sites for hydroxylation is 2. The van der Waals surface area contributed by atoms with Crippen LogP contribution in [0.2, 0.25) is 0 Å². The summed E-state index contributed by atoms with van der Waals surface area (Å²) in [6, 6.07) is 11.5. The number of amides is 1. The van der Waals surface area contributed by atoms with E-state index in [0.717, 1.165) is 41.6 Å². The number of thioether (sulfide) groups is 1. The van der Waals surface area contributed by atoms with Crippen LogP contribution in [0.3, 0.4) is 0 Å². The lowest BCUT2D eigenvalue weighted by Gasteiger charge is -2.12. The minimum absolute atomic E-state index is 0.0574. The number of carbonyl (C=O) groups is 1. The smallest absolute Gasteiger partial charge is 0.267 e. The van der Waals surface area contributed by atoms with Gasteiger partial charge in [0.05, 0.1) is 29.3 Å². The minimum atomic E-state index is -0.175. The number of thiophene rings is 1. The van der Waals surface area contributed by atoms with Crippen LogP contribution in [0.4, 0.5) is 0 Å². The van der Waals surface area contributed by atoms with Crippen LogP contribution in [-0.4, -0.2) is 27.8 Å². The second-order valence-corrected chi connectivity index (χ2v) is 9.19. The Morgan fingerprint density at radius 1 is 1.23 bits per heavy atom. The van der Waals surface area contributed by atoms with E-state index in [1.807, 2.05) is 36.4 Å². The van der Waals surface area contributed by atoms with Gasteiger partial charge in [-0.2, -0.15) is 5.26 Å². The van der Waals surface area contributed by atoms with Gasteiger partial charge in [0.15, 0.2) is 5.16 Å². The SMILES string of the molecule is N#CCCNC(=O)CSc1nc2sc3c(c2c(=O)n1-c1ccccc1)CCCCC3. The first-order valence-electron chi connectivity index (χ1n) is 10.1. The second kappa shape index (κ2) is 9.45. The summed E-state index contributed by atoms with van der Waals surface area (Å²) >= 11 is 2.87. The number of fused-ring (bicyclic) bond motifs is 3. The molecule has 2 heterocycles. The first-order valence-corrected chi connectivity index (χ1v) is 11.9. The maximum atomic E-state index is 13.6. The molecule has 0 radical (unpaired) electrons. The first kappa shape index (κ1) is 20.6. The van der Waals surface area contributed by atoms with E-state index in [1.165, 1.54) is 28.6 Å². The molecular formula is C22H22N4O2S2. The lowest BCUT2D eigenvalue weighted by Crippen LogP contribution is -2.27. The summed E-state index contributed by atoms with van der Waals surface area (Å²) in [5.41, 5.74) is 1.86. The quantitative estimate of drug-likeness (QED) is 0.273. The number of nitriles is 1. The number of aromatic nitrogens is 2. The van der Waals surface area contributed by atoms with Crippen molar-refractivity contribution in [2.24, 2.45) is 0 Å². The summed E-state index contributed by atoms with van der Waals surface area (Å²) in [6.07, 6.45) is 5.65. The lowest BCUT2D eigenvalue weighted by molar-refractivity contribution is -0.118. The van der Waals surface area contributed by atoms with Gasteiger partial charge in [0.2, 0.25) is 5.91 Å². The number of carbonyl (C=O) groups excluding carboxylic acids is 1. The molecule has 154 valence electrons. The molecule has 0 unspecified atom stereocenters. The third kappa shape index (κ3) is 4.27. The molecule has 2 aromatic heterocycles. The molecule has 0 fully saturated rings. The molecule has 1 aliphatic carbocycles. The van der Waals surface area contributed by atoms with Gasteiger partial charge in [-0.1, -0.05) is 36.4 Å². The Morgan fingerprint density at radius 3 is 2.83 bits per heavy atom. The first-order chi connectivity index (χ1) is 14.7. The van der Waals surface area contributed by atoms with Crippen molar-refractivity contribution in [3.05, 3.63) is 51.1 Å². The summed E-state index contributed by atoms with van der Waals surface area (Å²) in [4.78, 5) is 32.6. The Labute approximate surface area is 182 Å². The molecule has 4 rings (SSSR count). The molecule has 8 heteroatoms. The zero-order chi connectivity index (χ0) is 20.9. The van der Waals surface area contributed by atoms with Gasteiger partial charge in [-0.25, -0.2) is 4.98 Å². The zero-order valence-corrected chi connectivity index (χ0v) is 18.2. The topological polar surface area (TPSA) is 87.8 Å². The van der Waals surface area contributed by atoms with E-state index < -0.39 is 0 Å². The fourth-order valence-corrected chi connectivity index (χ4v) is 5.85. The Bertz CT molecular complexity index is 1160. The highest BCUT2D eigenvalue weighted by Crippen LogP contribution is 2.34. The highest BCUT2D eigenvalue weighted by molar-refractivity contribution is 7.99. The molecule has 0 aliphatic heterocycles. The van der Waals surface area contributed by atoms with Crippen LogP contribution >= 0.6 is 23.1 Å². The standard InChI is InChI=1S/C22H22N4O2S2/c23-12-7-13-24-18(27)14-29-22-25-20-19(16-10-5-2-6-11-17(16)30-20)21(28)26(22)15-8-3-1-4-9-15/h1,3-4,8-9H,2,5-7,10-11,13-14H2,(H,24,27). The zero-order valence-electron chi connectivity index (χ0n) is 16.5. The van der Waals surface area contributed by atoms with Gasteiger partial charge in [0, 0.05) is 11.4 Å². The molecule has 0 saturated heterocycles. The molecule has 1 amide bonds. The van der Waals surface area contributed by atoms with Crippen molar-refractivity contribution in [3.63, 3.8) is 0 Å². The van der Waals surface area contributed by atoms with Crippen molar-refractivity contribution >= 4 is 39.2 Å². The fraction of sp³-hybridized carbons (Fsp3) is 0.364. The Balaban J connectivity index is 1.76. The summed E-state index contributed by atoms with van der Waals surface area (Å²) in [7, 11) is 0. The van der Waals surface area contributed by atoms with Crippen molar-refractivity contribution in [2.45, 2.75) is 43.7 Å². The fourth-order valence-electron chi connectivity index (χ4n) is 3.70. The van der Waals surface area contributed by atoms with E-state index in [0.29, 0.717) is 11.7 Å². The van der Waals surface area contributed by atoms with E-state index in [2.05, 4.69) is 5.32 Å². The van der Waals surface area contributed by atoms with Gasteiger partial charge < -0.3 is 5.32 Å². The molecule has 1 aromatic carbocycles. The molecule has 1 N–H and O–H groups in total. The molecule has 0 saturated carbocycles. The highest BCUT2D eigenvalue weighted by Gasteiger charge is 2.22. The number of para-hydroxylation sites is 1. The number of hydrogen-bond donors (Lipinski definition) is 1. The summed E-state index contributed by atoms with van der Waals surface area (Å²) in [5.74, 6) is -0.0347. The normalized spacial score (nSPS) is 13.4. The number of nitrogens with zero attached hydrogens (tertiary/aromatic N) is 3. The molecule has 0 atom stereocenters. The van der Waals surface area contributed by atoms with Crippen molar-refractivity contribution in [3.8, 4) is 11.8 Å². The molecule has 6 nitrogen and oxygen atoms in total. The van der Waals surface area contributed by atoms with Crippen LogP contribution in [0.5, 0.6) is 0 Å². The number of rotatable bonds is 6. The van der Waals surface area contributed by atoms with E-state index in [4.69, 9.17) is 10.2 Å². The van der Waals surface area contributed by atoms with Crippen molar-refractivity contribution in [1.29, 1.82) is 5.26 Å². The summed E-state index contributed by atoms with van der Waals surface area (Å²) < 4.78 is 1.63. The van der Waals surface area contributed by atoms with E-state index in [1.54, 1.807) is 15.9 Å². The molecular weight excluding hydrogens is 416 g/mol. The summed E-state index contributed by atoms with van der Waals surface area (Å²) in [5, 5.41) is 12.6. The molecule has 3 aromatic rings. The van der Waals surface area contributed by atoms with Gasteiger partial charge in [-0.3, -0.25) is 14.2 Å². The third-order valence-corrected chi connectivity index (χ3v) is 7.24. The third-order valence-electron chi connectivity index (χ3n) is 5.11. The van der Waals surface area contributed by atoms with E-state index >= 15 is 0 Å². The predicted molar refractivity (Wildman–Crippen MR) is 120 cm³/mol. The number of benzene rings is 1. The average molecular weight is 439 g/mol. The Hall–Kier alpha value is -2.63. The Morgan fingerprint density at radius 2 is 2.03 bits per heavy atom. The lowest BCUT2D eigenvalue weighted by atomic mass is 10.1. The van der Waals surface area contributed by atoms with Gasteiger partial charge in [0.1, 0.15) is 4.83 Å². The van der Waals surface area contributed by atoms with Crippen LogP contribution in [0.25, 0.3) is 15.9 Å². The number of nitrogens with one attached hydrogen (secondary N) is 1. The van der Waals surface area contributed by atoms with Crippen LogP contribution < -0.4 is 10.9 Å². The van der Waals surface area contributed by atoms with Crippen LogP contribution in [-0.2, 0) is 17.6 Å². The van der Waals surface area contributed by atoms with Crippen LogP contribution in [0, 0.1) is 11.3 Å². The maximum Gasteiger partial charge on any atom is 0.267 e. The van der Waals surface area contributed by atoms with Gasteiger partial charge >= 0.3 is 0 Å². The second-order valence-electron chi connectivity index (χ2n) is 7.16. The molecule has 0 spiro atoms. The highest BCUT2D eigenvalue weighted by atomic mass is 32.2. The van der Waals surface area contributed by atoms with Gasteiger partial charge in [0.25, 0.3) is 5.56 Å². The maximum absolute atomic E-state index is 13.6. The minimum Gasteiger partial charge on any atom is -0.354 e. The van der Waals surface area contributed by atoms with Gasteiger partial charge in [-0.05, 0) is 43.4 Å². The van der Waals surface area contributed by atoms with Crippen molar-refractivity contribution in [2.75, 3.05) is 12.3 Å². The van der Waals surface area contributed by atoms with Crippen LogP contribution in [0.15, 0.2) is 40.3 Å². The van der Waals surface area contributed by atoms with E-state index in [-0.39, 0.29) is 23.6 Å². The molecule has 30 heavy (non-hydrogen) atoms. The largest absolute Gasteiger partial charge is 0.354 e. The van der Waals surface area contributed by atoms with Crippen molar-refractivity contribution in [1.82, 2.24) is 14.9 Å². The van der Waals surface area contributed by atoms with Crippen molar-refractivity contribution < 1.29 is 4.79 Å². The number of hydrogen-bond acceptors (Lipinski definition) is 6. The summed E-state index contributed by atoms with van der Waals surface area (Å²) in [6.45, 7) is 0.325. The predicted octanol–water partition coefficient (Wildman–Crippen LogP) is 3.84. The monoisotopic (exact) mass is 438 g/mol. The van der Waals surface area contributed by atoms with E-state index in [9.17, 15) is 9.59 Å².